The molecule has 1 heterocycles. The summed E-state index contributed by atoms with van der Waals surface area (Å²) >= 11 is 7.52. The Bertz CT molecular complexity index is 823. The van der Waals surface area contributed by atoms with Crippen LogP contribution in [0.1, 0.15) is 37.7 Å². The maximum absolute atomic E-state index is 12.4. The van der Waals surface area contributed by atoms with Crippen LogP contribution in [0.4, 0.5) is 11.5 Å². The molecule has 1 atom stereocenters. The molecule has 2 N–H and O–H groups in total. The van der Waals surface area contributed by atoms with E-state index in [4.69, 9.17) is 16.1 Å². The molecule has 0 radical (unpaired) electrons. The van der Waals surface area contributed by atoms with Crippen LogP contribution in [0.3, 0.4) is 0 Å². The number of thioether (sulfide) groups is 1. The Kier molecular flexibility index (Phi) is 7.74. The van der Waals surface area contributed by atoms with E-state index in [-0.39, 0.29) is 17.6 Å². The Labute approximate surface area is 168 Å². The Morgan fingerprint density at radius 2 is 2.00 bits per heavy atom. The summed E-state index contributed by atoms with van der Waals surface area (Å²) in [5, 5.41) is 9.59. The van der Waals surface area contributed by atoms with E-state index in [0.29, 0.717) is 16.6 Å². The van der Waals surface area contributed by atoms with Crippen LogP contribution in [0.2, 0.25) is 5.02 Å². The van der Waals surface area contributed by atoms with Gasteiger partial charge in [-0.2, -0.15) is 0 Å². The standard InChI is InChI=1S/C19H24ClN3O3S/c1-5-13-7-8-15(20)14(6-2)18(13)22-17(24)10-27-12(4)19(25)21-16-9-11(3)26-23-16/h7-9,12H,5-6,10H2,1-4H3,(H,22,24)(H,21,23,25). The van der Waals surface area contributed by atoms with Crippen molar-refractivity contribution >= 4 is 46.7 Å². The fourth-order valence-corrected chi connectivity index (χ4v) is 3.55. The summed E-state index contributed by atoms with van der Waals surface area (Å²) in [5.41, 5.74) is 2.76. The predicted octanol–water partition coefficient (Wildman–Crippen LogP) is 4.46. The van der Waals surface area contributed by atoms with Crippen LogP contribution in [0.25, 0.3) is 0 Å². The van der Waals surface area contributed by atoms with Crippen LogP contribution < -0.4 is 10.6 Å². The Hall–Kier alpha value is -1.99. The number of hydrogen-bond acceptors (Lipinski definition) is 5. The highest BCUT2D eigenvalue weighted by Crippen LogP contribution is 2.29. The zero-order chi connectivity index (χ0) is 20.0. The molecule has 0 bridgehead atoms. The van der Waals surface area contributed by atoms with Gasteiger partial charge in [0.25, 0.3) is 0 Å². The van der Waals surface area contributed by atoms with E-state index in [0.717, 1.165) is 29.7 Å². The van der Waals surface area contributed by atoms with E-state index in [2.05, 4.69) is 15.8 Å². The first-order chi connectivity index (χ1) is 12.8. The molecule has 27 heavy (non-hydrogen) atoms. The van der Waals surface area contributed by atoms with Gasteiger partial charge in [0, 0.05) is 16.8 Å². The molecular weight excluding hydrogens is 386 g/mol. The first-order valence-corrected chi connectivity index (χ1v) is 10.2. The van der Waals surface area contributed by atoms with Gasteiger partial charge in [-0.05, 0) is 43.9 Å². The average molecular weight is 410 g/mol. The van der Waals surface area contributed by atoms with E-state index >= 15 is 0 Å². The largest absolute Gasteiger partial charge is 0.360 e. The van der Waals surface area contributed by atoms with Crippen molar-refractivity contribution in [2.45, 2.75) is 45.8 Å². The number of nitrogens with zero attached hydrogens (tertiary/aromatic N) is 1. The number of amides is 2. The second-order valence-electron chi connectivity index (χ2n) is 6.08. The lowest BCUT2D eigenvalue weighted by Crippen LogP contribution is -2.25. The number of rotatable bonds is 8. The number of hydrogen-bond donors (Lipinski definition) is 2. The lowest BCUT2D eigenvalue weighted by atomic mass is 10.0. The first-order valence-electron chi connectivity index (χ1n) is 8.81. The van der Waals surface area contributed by atoms with Gasteiger partial charge in [-0.15, -0.1) is 11.8 Å². The van der Waals surface area contributed by atoms with E-state index in [1.165, 1.54) is 11.8 Å². The van der Waals surface area contributed by atoms with Crippen LogP contribution in [0.5, 0.6) is 0 Å². The highest BCUT2D eigenvalue weighted by atomic mass is 35.5. The Morgan fingerprint density at radius 3 is 2.59 bits per heavy atom. The van der Waals surface area contributed by atoms with Crippen molar-refractivity contribution in [3.05, 3.63) is 40.1 Å². The molecule has 0 spiro atoms. The summed E-state index contributed by atoms with van der Waals surface area (Å²) < 4.78 is 4.92. The van der Waals surface area contributed by atoms with Crippen LogP contribution in [-0.4, -0.2) is 28.0 Å². The molecule has 8 heteroatoms. The zero-order valence-electron chi connectivity index (χ0n) is 15.9. The number of anilines is 2. The molecule has 146 valence electrons. The first kappa shape index (κ1) is 21.3. The second kappa shape index (κ2) is 9.80. The molecule has 0 aliphatic carbocycles. The van der Waals surface area contributed by atoms with Gasteiger partial charge in [-0.25, -0.2) is 0 Å². The van der Waals surface area contributed by atoms with Gasteiger partial charge < -0.3 is 15.2 Å². The summed E-state index contributed by atoms with van der Waals surface area (Å²) in [4.78, 5) is 24.6. The van der Waals surface area contributed by atoms with Gasteiger partial charge in [-0.1, -0.05) is 36.7 Å². The fourth-order valence-electron chi connectivity index (χ4n) is 2.57. The number of benzene rings is 1. The molecule has 0 saturated heterocycles. The van der Waals surface area contributed by atoms with E-state index in [1.54, 1.807) is 19.9 Å². The number of nitrogens with one attached hydrogen (secondary N) is 2. The fraction of sp³-hybridized carbons (Fsp3) is 0.421. The molecular formula is C19H24ClN3O3S. The molecule has 1 unspecified atom stereocenters. The van der Waals surface area contributed by atoms with Crippen molar-refractivity contribution in [3.63, 3.8) is 0 Å². The monoisotopic (exact) mass is 409 g/mol. The molecule has 0 saturated carbocycles. The van der Waals surface area contributed by atoms with Gasteiger partial charge in [0.15, 0.2) is 5.82 Å². The third kappa shape index (κ3) is 5.74. The average Bonchev–Trinajstić information content (AvgIpc) is 3.04. The van der Waals surface area contributed by atoms with Crippen molar-refractivity contribution in [2.75, 3.05) is 16.4 Å². The number of carbonyl (C=O) groups excluding carboxylic acids is 2. The molecule has 6 nitrogen and oxygen atoms in total. The third-order valence-corrected chi connectivity index (χ3v) is 5.55. The second-order valence-corrected chi connectivity index (χ2v) is 7.82. The molecule has 2 aromatic rings. The molecule has 0 aliphatic heterocycles. The van der Waals surface area contributed by atoms with Crippen molar-refractivity contribution in [3.8, 4) is 0 Å². The van der Waals surface area contributed by atoms with Crippen LogP contribution in [0, 0.1) is 6.92 Å². The maximum Gasteiger partial charge on any atom is 0.238 e. The summed E-state index contributed by atoms with van der Waals surface area (Å²) in [6, 6.07) is 5.43. The molecule has 0 aliphatic rings. The van der Waals surface area contributed by atoms with Crippen LogP contribution in [0.15, 0.2) is 22.7 Å². The molecule has 0 fully saturated rings. The highest BCUT2D eigenvalue weighted by molar-refractivity contribution is 8.01. The van der Waals surface area contributed by atoms with Crippen molar-refractivity contribution in [2.24, 2.45) is 0 Å². The van der Waals surface area contributed by atoms with Crippen molar-refractivity contribution in [1.82, 2.24) is 5.16 Å². The quantitative estimate of drug-likeness (QED) is 0.672. The number of halogens is 1. The van der Waals surface area contributed by atoms with Crippen molar-refractivity contribution < 1.29 is 14.1 Å². The topological polar surface area (TPSA) is 84.2 Å². The molecule has 1 aromatic carbocycles. The van der Waals surface area contributed by atoms with Gasteiger partial charge in [0.2, 0.25) is 11.8 Å². The van der Waals surface area contributed by atoms with Crippen molar-refractivity contribution in [1.29, 1.82) is 0 Å². The minimum atomic E-state index is -0.414. The SMILES string of the molecule is CCc1ccc(Cl)c(CC)c1NC(=O)CSC(C)C(=O)Nc1cc(C)on1. The minimum Gasteiger partial charge on any atom is -0.360 e. The van der Waals surface area contributed by atoms with Gasteiger partial charge in [0.1, 0.15) is 5.76 Å². The Balaban J connectivity index is 1.94. The zero-order valence-corrected chi connectivity index (χ0v) is 17.5. The van der Waals surface area contributed by atoms with Crippen LogP contribution >= 0.6 is 23.4 Å². The summed E-state index contributed by atoms with van der Waals surface area (Å²) in [6.45, 7) is 7.53. The number of aromatic nitrogens is 1. The third-order valence-electron chi connectivity index (χ3n) is 4.05. The predicted molar refractivity (Wildman–Crippen MR) is 111 cm³/mol. The van der Waals surface area contributed by atoms with Gasteiger partial charge >= 0.3 is 0 Å². The van der Waals surface area contributed by atoms with Gasteiger partial charge in [-0.3, -0.25) is 9.59 Å². The summed E-state index contributed by atoms with van der Waals surface area (Å²) in [6.07, 6.45) is 1.52. The highest BCUT2D eigenvalue weighted by Gasteiger charge is 2.18. The van der Waals surface area contributed by atoms with Gasteiger partial charge in [0.05, 0.1) is 11.0 Å². The molecule has 2 rings (SSSR count). The smallest absolute Gasteiger partial charge is 0.238 e. The number of carbonyl (C=O) groups is 2. The normalized spacial score (nSPS) is 11.9. The maximum atomic E-state index is 12.4. The lowest BCUT2D eigenvalue weighted by molar-refractivity contribution is -0.115. The minimum absolute atomic E-state index is 0.158. The summed E-state index contributed by atoms with van der Waals surface area (Å²) in [7, 11) is 0. The van der Waals surface area contributed by atoms with Crippen LogP contribution in [-0.2, 0) is 22.4 Å². The molecule has 1 aromatic heterocycles. The summed E-state index contributed by atoms with van der Waals surface area (Å²) in [5.74, 6) is 0.750. The molecule has 2 amide bonds. The Morgan fingerprint density at radius 1 is 1.26 bits per heavy atom. The number of aryl methyl sites for hydroxylation is 2. The van der Waals surface area contributed by atoms with E-state index in [1.807, 2.05) is 26.0 Å². The van der Waals surface area contributed by atoms with E-state index < -0.39 is 5.25 Å². The van der Waals surface area contributed by atoms with E-state index in [9.17, 15) is 9.59 Å². The lowest BCUT2D eigenvalue weighted by Gasteiger charge is -2.16.